The van der Waals surface area contributed by atoms with Gasteiger partial charge in [-0.3, -0.25) is 14.5 Å². The van der Waals surface area contributed by atoms with Gasteiger partial charge >= 0.3 is 6.18 Å². The number of nitrogens with zero attached hydrogens (tertiary/aromatic N) is 4. The zero-order valence-electron chi connectivity index (χ0n) is 15.6. The molecule has 0 unspecified atom stereocenters. The van der Waals surface area contributed by atoms with Crippen molar-refractivity contribution in [3.05, 3.63) is 71.2 Å². The van der Waals surface area contributed by atoms with Crippen LogP contribution in [-0.4, -0.2) is 20.7 Å². The number of aryl methyl sites for hydroxylation is 1. The molecule has 30 heavy (non-hydrogen) atoms. The molecule has 1 N–H and O–H groups in total. The summed E-state index contributed by atoms with van der Waals surface area (Å²) in [5.41, 5.74) is 1.37. The maximum atomic E-state index is 13.0. The van der Waals surface area contributed by atoms with Crippen LogP contribution in [0, 0.1) is 11.3 Å². The molecule has 0 radical (unpaired) electrons. The number of pyridine rings is 1. The Balaban J connectivity index is 1.58. The third-order valence-electron chi connectivity index (χ3n) is 4.96. The Morgan fingerprint density at radius 1 is 1.20 bits per heavy atom. The van der Waals surface area contributed by atoms with Gasteiger partial charge < -0.3 is 5.32 Å². The van der Waals surface area contributed by atoms with Gasteiger partial charge in [-0.1, -0.05) is 0 Å². The molecule has 9 heteroatoms. The quantitative estimate of drug-likeness (QED) is 0.703. The van der Waals surface area contributed by atoms with E-state index in [0.717, 1.165) is 24.4 Å². The lowest BCUT2D eigenvalue weighted by Gasteiger charge is -2.24. The zero-order valence-corrected chi connectivity index (χ0v) is 15.6. The Morgan fingerprint density at radius 2 is 1.97 bits per heavy atom. The predicted molar refractivity (Wildman–Crippen MR) is 101 cm³/mol. The number of alkyl halides is 3. The highest BCUT2D eigenvalue weighted by molar-refractivity contribution is 5.94. The molecule has 3 aromatic rings. The van der Waals surface area contributed by atoms with E-state index in [1.807, 2.05) is 6.07 Å². The van der Waals surface area contributed by atoms with Crippen LogP contribution in [0.5, 0.6) is 0 Å². The maximum absolute atomic E-state index is 13.0. The summed E-state index contributed by atoms with van der Waals surface area (Å²) in [6.45, 7) is 0.621. The molecule has 4 rings (SSSR count). The predicted octanol–water partition coefficient (Wildman–Crippen LogP) is 4.10. The molecule has 0 fully saturated rings. The number of nitrogens with one attached hydrogen (secondary N) is 1. The van der Waals surface area contributed by atoms with Gasteiger partial charge in [-0.2, -0.15) is 23.5 Å². The van der Waals surface area contributed by atoms with Gasteiger partial charge in [0.1, 0.15) is 5.69 Å². The second-order valence-electron chi connectivity index (χ2n) is 6.96. The molecule has 0 saturated carbocycles. The number of carbonyl (C=O) groups is 1. The first-order chi connectivity index (χ1) is 14.3. The van der Waals surface area contributed by atoms with Crippen molar-refractivity contribution in [2.45, 2.75) is 31.6 Å². The lowest BCUT2D eigenvalue weighted by atomic mass is 10.0. The number of carbonyl (C=O) groups excluding carboxylic acids is 1. The van der Waals surface area contributed by atoms with Gasteiger partial charge in [0, 0.05) is 23.9 Å². The topological polar surface area (TPSA) is 83.6 Å². The minimum atomic E-state index is -4.53. The van der Waals surface area contributed by atoms with Crippen LogP contribution in [0.4, 0.5) is 13.2 Å². The van der Waals surface area contributed by atoms with Crippen LogP contribution < -0.4 is 5.32 Å². The van der Waals surface area contributed by atoms with Gasteiger partial charge in [0.05, 0.1) is 29.1 Å². The molecule has 6 nitrogen and oxygen atoms in total. The Labute approximate surface area is 170 Å². The number of hydrogen-bond donors (Lipinski definition) is 1. The first-order valence-electron chi connectivity index (χ1n) is 9.27. The summed E-state index contributed by atoms with van der Waals surface area (Å²) in [5, 5.41) is 16.3. The summed E-state index contributed by atoms with van der Waals surface area (Å²) in [7, 11) is 0. The van der Waals surface area contributed by atoms with E-state index in [9.17, 15) is 18.0 Å². The van der Waals surface area contributed by atoms with Crippen LogP contribution in [0.2, 0.25) is 0 Å². The molecule has 1 aromatic carbocycles. The Morgan fingerprint density at radius 3 is 2.67 bits per heavy atom. The van der Waals surface area contributed by atoms with E-state index in [0.29, 0.717) is 35.3 Å². The van der Waals surface area contributed by atoms with Crippen molar-refractivity contribution in [1.29, 1.82) is 5.26 Å². The Bertz CT molecular complexity index is 1130. The number of hydrogen-bond acceptors (Lipinski definition) is 4. The third kappa shape index (κ3) is 3.89. The number of fused-ring (bicyclic) bond motifs is 1. The normalized spacial score (nSPS) is 15.9. The molecule has 3 heterocycles. The monoisotopic (exact) mass is 411 g/mol. The summed E-state index contributed by atoms with van der Waals surface area (Å²) >= 11 is 0. The van der Waals surface area contributed by atoms with Crippen molar-refractivity contribution >= 4 is 5.91 Å². The Kier molecular flexibility index (Phi) is 4.99. The number of aromatic nitrogens is 3. The molecular formula is C21H16F3N5O. The first-order valence-corrected chi connectivity index (χ1v) is 9.27. The lowest BCUT2D eigenvalue weighted by Crippen LogP contribution is -2.32. The minimum absolute atomic E-state index is 0.288. The van der Waals surface area contributed by atoms with Crippen molar-refractivity contribution in [1.82, 2.24) is 20.1 Å². The summed E-state index contributed by atoms with van der Waals surface area (Å²) in [6.07, 6.45) is -1.96. The molecule has 1 atom stereocenters. The number of benzene rings is 1. The molecule has 0 saturated heterocycles. The molecule has 1 aliphatic heterocycles. The van der Waals surface area contributed by atoms with Crippen LogP contribution in [-0.2, 0) is 12.7 Å². The highest BCUT2D eigenvalue weighted by atomic mass is 19.4. The fraction of sp³-hybridized carbons (Fsp3) is 0.238. The lowest BCUT2D eigenvalue weighted by molar-refractivity contribution is -0.141. The second kappa shape index (κ2) is 7.63. The van der Waals surface area contributed by atoms with Crippen molar-refractivity contribution in [2.24, 2.45) is 0 Å². The van der Waals surface area contributed by atoms with Crippen molar-refractivity contribution in [3.8, 4) is 17.3 Å². The van der Waals surface area contributed by atoms with Crippen LogP contribution in [0.25, 0.3) is 11.3 Å². The van der Waals surface area contributed by atoms with Gasteiger partial charge in [-0.05, 0) is 55.3 Å². The van der Waals surface area contributed by atoms with E-state index in [4.69, 9.17) is 5.26 Å². The average Bonchev–Trinajstić information content (AvgIpc) is 3.19. The summed E-state index contributed by atoms with van der Waals surface area (Å²) in [4.78, 5) is 16.0. The molecule has 1 aliphatic rings. The van der Waals surface area contributed by atoms with Crippen LogP contribution >= 0.6 is 0 Å². The van der Waals surface area contributed by atoms with Gasteiger partial charge in [0.2, 0.25) is 0 Å². The highest BCUT2D eigenvalue weighted by Crippen LogP contribution is 2.32. The van der Waals surface area contributed by atoms with E-state index < -0.39 is 11.9 Å². The number of nitriles is 1. The largest absolute Gasteiger partial charge is 0.433 e. The van der Waals surface area contributed by atoms with E-state index in [2.05, 4.69) is 15.4 Å². The van der Waals surface area contributed by atoms with Gasteiger partial charge in [-0.25, -0.2) is 0 Å². The maximum Gasteiger partial charge on any atom is 0.433 e. The van der Waals surface area contributed by atoms with Crippen LogP contribution in [0.3, 0.4) is 0 Å². The summed E-state index contributed by atoms with van der Waals surface area (Å²) in [6, 6.07) is 12.1. The highest BCUT2D eigenvalue weighted by Gasteiger charge is 2.33. The minimum Gasteiger partial charge on any atom is -0.344 e. The molecular weight excluding hydrogens is 395 g/mol. The number of halogens is 3. The second-order valence-corrected chi connectivity index (χ2v) is 6.96. The van der Waals surface area contributed by atoms with Gasteiger partial charge in [-0.15, -0.1) is 0 Å². The smallest absolute Gasteiger partial charge is 0.344 e. The zero-order chi connectivity index (χ0) is 21.3. The standard InChI is InChI=1S/C21H16F3N5O/c22-21(23,24)19-10-15(7-8-26-19)17-11-18-16(2-1-9-29(18)28-17)27-20(30)14-5-3-13(12-25)4-6-14/h3-8,10-11,16H,1-2,9H2,(H,27,30)/t16-/m1/s1. The van der Waals surface area contributed by atoms with Crippen LogP contribution in [0.1, 0.15) is 46.2 Å². The van der Waals surface area contributed by atoms with Crippen molar-refractivity contribution in [3.63, 3.8) is 0 Å². The SMILES string of the molecule is N#Cc1ccc(C(=O)N[C@@H]2CCCn3nc(-c4ccnc(C(F)(F)F)c4)cc32)cc1. The first kappa shape index (κ1) is 19.6. The third-order valence-corrected chi connectivity index (χ3v) is 4.96. The molecule has 0 aliphatic carbocycles. The van der Waals surface area contributed by atoms with Crippen molar-refractivity contribution in [2.75, 3.05) is 0 Å². The number of amides is 1. The molecule has 1 amide bonds. The Hall–Kier alpha value is -3.67. The molecule has 0 bridgehead atoms. The van der Waals surface area contributed by atoms with Crippen LogP contribution in [0.15, 0.2) is 48.7 Å². The summed E-state index contributed by atoms with van der Waals surface area (Å²) < 4.78 is 40.6. The van der Waals surface area contributed by atoms with Gasteiger partial charge in [0.25, 0.3) is 5.91 Å². The average molecular weight is 411 g/mol. The van der Waals surface area contributed by atoms with Gasteiger partial charge in [0.15, 0.2) is 0 Å². The summed E-state index contributed by atoms with van der Waals surface area (Å²) in [5.74, 6) is -0.288. The molecule has 0 spiro atoms. The van der Waals surface area contributed by atoms with E-state index in [1.165, 1.54) is 6.07 Å². The number of rotatable bonds is 3. The molecule has 152 valence electrons. The van der Waals surface area contributed by atoms with E-state index >= 15 is 0 Å². The van der Waals surface area contributed by atoms with Crippen molar-refractivity contribution < 1.29 is 18.0 Å². The van der Waals surface area contributed by atoms with E-state index in [-0.39, 0.29) is 11.9 Å². The fourth-order valence-electron chi connectivity index (χ4n) is 3.45. The molecule has 2 aromatic heterocycles. The van der Waals surface area contributed by atoms with E-state index in [1.54, 1.807) is 35.0 Å². The fourth-order valence-corrected chi connectivity index (χ4v) is 3.45.